The fraction of sp³-hybridized carbons (Fsp3) is 0.125. The summed E-state index contributed by atoms with van der Waals surface area (Å²) < 4.78 is 0.788. The minimum Gasteiger partial charge on any atom is -0.347 e. The van der Waals surface area contributed by atoms with Crippen molar-refractivity contribution in [2.75, 3.05) is 11.9 Å². The average Bonchev–Trinajstić information content (AvgIpc) is 2.50. The highest BCUT2D eigenvalue weighted by Crippen LogP contribution is 2.20. The van der Waals surface area contributed by atoms with Gasteiger partial charge < -0.3 is 10.6 Å². The van der Waals surface area contributed by atoms with Gasteiger partial charge in [0.15, 0.2) is 0 Å². The van der Waals surface area contributed by atoms with E-state index in [1.54, 1.807) is 30.3 Å². The standard InChI is InChI=1S/C16H14BrClN2O2/c17-13-3-1-2-4-14(13)20-16(22)10-19-15(21)9-11-5-7-12(18)8-6-11/h1-8H,9-10H2,(H,19,21)(H,20,22). The second kappa shape index (κ2) is 7.96. The van der Waals surface area contributed by atoms with E-state index in [2.05, 4.69) is 26.6 Å². The molecule has 0 atom stereocenters. The Labute approximate surface area is 142 Å². The molecule has 0 aromatic heterocycles. The summed E-state index contributed by atoms with van der Waals surface area (Å²) in [5.74, 6) is -0.499. The number of hydrogen-bond donors (Lipinski definition) is 2. The first kappa shape index (κ1) is 16.5. The fourth-order valence-electron chi connectivity index (χ4n) is 1.79. The molecule has 0 aliphatic heterocycles. The molecule has 2 amide bonds. The normalized spacial score (nSPS) is 10.1. The maximum absolute atomic E-state index is 11.8. The first-order valence-corrected chi connectivity index (χ1v) is 7.77. The van der Waals surface area contributed by atoms with Gasteiger partial charge in [0.2, 0.25) is 11.8 Å². The minimum atomic E-state index is -0.281. The highest BCUT2D eigenvalue weighted by atomic mass is 79.9. The topological polar surface area (TPSA) is 58.2 Å². The van der Waals surface area contributed by atoms with Gasteiger partial charge in [0, 0.05) is 9.50 Å². The molecule has 0 saturated heterocycles. The molecule has 22 heavy (non-hydrogen) atoms. The Morgan fingerprint density at radius 3 is 2.36 bits per heavy atom. The van der Waals surface area contributed by atoms with Crippen LogP contribution in [0.3, 0.4) is 0 Å². The number of amides is 2. The van der Waals surface area contributed by atoms with Gasteiger partial charge in [-0.25, -0.2) is 0 Å². The zero-order valence-corrected chi connectivity index (χ0v) is 13.9. The number of rotatable bonds is 5. The maximum Gasteiger partial charge on any atom is 0.243 e. The predicted molar refractivity (Wildman–Crippen MR) is 90.9 cm³/mol. The van der Waals surface area contributed by atoms with Crippen LogP contribution in [0.1, 0.15) is 5.56 Å². The number of carbonyl (C=O) groups excluding carboxylic acids is 2. The van der Waals surface area contributed by atoms with Gasteiger partial charge in [-0.3, -0.25) is 9.59 Å². The van der Waals surface area contributed by atoms with E-state index in [9.17, 15) is 9.59 Å². The molecule has 0 heterocycles. The van der Waals surface area contributed by atoms with Crippen molar-refractivity contribution >= 4 is 45.0 Å². The third-order valence-corrected chi connectivity index (χ3v) is 3.82. The molecule has 2 N–H and O–H groups in total. The highest BCUT2D eigenvalue weighted by molar-refractivity contribution is 9.10. The molecule has 114 valence electrons. The lowest BCUT2D eigenvalue weighted by Gasteiger charge is -2.08. The summed E-state index contributed by atoms with van der Waals surface area (Å²) >= 11 is 9.13. The molecule has 0 aliphatic carbocycles. The summed E-state index contributed by atoms with van der Waals surface area (Å²) in [5, 5.41) is 5.93. The number of carbonyl (C=O) groups is 2. The van der Waals surface area contributed by atoms with Crippen molar-refractivity contribution in [1.82, 2.24) is 5.32 Å². The smallest absolute Gasteiger partial charge is 0.243 e. The first-order valence-electron chi connectivity index (χ1n) is 6.60. The second-order valence-electron chi connectivity index (χ2n) is 4.61. The molecule has 2 aromatic carbocycles. The molecule has 6 heteroatoms. The number of hydrogen-bond acceptors (Lipinski definition) is 2. The Bertz CT molecular complexity index is 674. The van der Waals surface area contributed by atoms with Crippen molar-refractivity contribution in [1.29, 1.82) is 0 Å². The largest absolute Gasteiger partial charge is 0.347 e. The lowest BCUT2D eigenvalue weighted by molar-refractivity contribution is -0.123. The van der Waals surface area contributed by atoms with E-state index in [0.29, 0.717) is 10.7 Å². The highest BCUT2D eigenvalue weighted by Gasteiger charge is 2.08. The van der Waals surface area contributed by atoms with Crippen molar-refractivity contribution in [3.63, 3.8) is 0 Å². The lowest BCUT2D eigenvalue weighted by atomic mass is 10.1. The van der Waals surface area contributed by atoms with Crippen LogP contribution in [0.2, 0.25) is 5.02 Å². The van der Waals surface area contributed by atoms with Crippen LogP contribution < -0.4 is 10.6 Å². The van der Waals surface area contributed by atoms with Crippen LogP contribution in [-0.4, -0.2) is 18.4 Å². The van der Waals surface area contributed by atoms with E-state index in [1.165, 1.54) is 0 Å². The number of para-hydroxylation sites is 1. The summed E-state index contributed by atoms with van der Waals surface area (Å²) in [6.45, 7) is -0.0756. The quantitative estimate of drug-likeness (QED) is 0.834. The van der Waals surface area contributed by atoms with Crippen molar-refractivity contribution < 1.29 is 9.59 Å². The molecule has 2 rings (SSSR count). The van der Waals surface area contributed by atoms with E-state index >= 15 is 0 Å². The van der Waals surface area contributed by atoms with Crippen molar-refractivity contribution in [3.05, 3.63) is 63.6 Å². The summed E-state index contributed by atoms with van der Waals surface area (Å²) in [4.78, 5) is 23.6. The monoisotopic (exact) mass is 380 g/mol. The molecule has 0 aliphatic rings. The molecule has 0 saturated carbocycles. The number of anilines is 1. The van der Waals surface area contributed by atoms with E-state index in [-0.39, 0.29) is 24.8 Å². The molecule has 0 spiro atoms. The fourth-order valence-corrected chi connectivity index (χ4v) is 2.30. The van der Waals surface area contributed by atoms with Gasteiger partial charge in [-0.05, 0) is 45.8 Å². The lowest BCUT2D eigenvalue weighted by Crippen LogP contribution is -2.33. The minimum absolute atomic E-state index is 0.0756. The summed E-state index contributed by atoms with van der Waals surface area (Å²) in [7, 11) is 0. The van der Waals surface area contributed by atoms with Gasteiger partial charge in [-0.15, -0.1) is 0 Å². The molecule has 2 aromatic rings. The van der Waals surface area contributed by atoms with E-state index in [4.69, 9.17) is 11.6 Å². The second-order valence-corrected chi connectivity index (χ2v) is 5.90. The van der Waals surface area contributed by atoms with E-state index in [1.807, 2.05) is 18.2 Å². The van der Waals surface area contributed by atoms with Gasteiger partial charge >= 0.3 is 0 Å². The Hall–Kier alpha value is -1.85. The summed E-state index contributed by atoms with van der Waals surface area (Å²) in [5.41, 5.74) is 1.51. The maximum atomic E-state index is 11.8. The summed E-state index contributed by atoms with van der Waals surface area (Å²) in [6, 6.07) is 14.3. The van der Waals surface area contributed by atoms with Crippen LogP contribution in [0.4, 0.5) is 5.69 Å². The number of halogens is 2. The number of nitrogens with one attached hydrogen (secondary N) is 2. The van der Waals surface area contributed by atoms with Crippen LogP contribution in [0.15, 0.2) is 53.0 Å². The molecule has 0 radical (unpaired) electrons. The zero-order chi connectivity index (χ0) is 15.9. The SMILES string of the molecule is O=C(Cc1ccc(Cl)cc1)NCC(=O)Nc1ccccc1Br. The van der Waals surface area contributed by atoms with Crippen LogP contribution in [0, 0.1) is 0 Å². The van der Waals surface area contributed by atoms with Crippen LogP contribution >= 0.6 is 27.5 Å². The Kier molecular flexibility index (Phi) is 5.98. The van der Waals surface area contributed by atoms with Gasteiger partial charge in [0.05, 0.1) is 18.7 Å². The van der Waals surface area contributed by atoms with Gasteiger partial charge in [-0.2, -0.15) is 0 Å². The van der Waals surface area contributed by atoms with Gasteiger partial charge in [-0.1, -0.05) is 35.9 Å². The van der Waals surface area contributed by atoms with Crippen LogP contribution in [0.25, 0.3) is 0 Å². The molecular weight excluding hydrogens is 368 g/mol. The van der Waals surface area contributed by atoms with Crippen LogP contribution in [0.5, 0.6) is 0 Å². The van der Waals surface area contributed by atoms with Gasteiger partial charge in [0.1, 0.15) is 0 Å². The Morgan fingerprint density at radius 1 is 1.00 bits per heavy atom. The molecular formula is C16H14BrClN2O2. The van der Waals surface area contributed by atoms with Crippen LogP contribution in [-0.2, 0) is 16.0 Å². The number of benzene rings is 2. The van der Waals surface area contributed by atoms with Crippen molar-refractivity contribution in [2.45, 2.75) is 6.42 Å². The van der Waals surface area contributed by atoms with Gasteiger partial charge in [0.25, 0.3) is 0 Å². The molecule has 0 bridgehead atoms. The average molecular weight is 382 g/mol. The molecule has 0 fully saturated rings. The van der Waals surface area contributed by atoms with E-state index in [0.717, 1.165) is 10.0 Å². The van der Waals surface area contributed by atoms with E-state index < -0.39 is 0 Å². The zero-order valence-electron chi connectivity index (χ0n) is 11.6. The van der Waals surface area contributed by atoms with Crippen molar-refractivity contribution in [2.24, 2.45) is 0 Å². The third kappa shape index (κ3) is 5.16. The predicted octanol–water partition coefficient (Wildman–Crippen LogP) is 3.40. The first-order chi connectivity index (χ1) is 10.5. The third-order valence-electron chi connectivity index (χ3n) is 2.87. The Balaban J connectivity index is 1.79. The molecule has 0 unspecified atom stereocenters. The summed E-state index contributed by atoms with van der Waals surface area (Å²) in [6.07, 6.45) is 0.208. The Morgan fingerprint density at radius 2 is 1.68 bits per heavy atom. The molecule has 4 nitrogen and oxygen atoms in total. The van der Waals surface area contributed by atoms with Crippen molar-refractivity contribution in [3.8, 4) is 0 Å².